The van der Waals surface area contributed by atoms with Gasteiger partial charge in [-0.1, -0.05) is 60.5 Å². The van der Waals surface area contributed by atoms with Crippen LogP contribution in [0.1, 0.15) is 120 Å². The molecule has 1 aliphatic heterocycles. The molecule has 3 aliphatic carbocycles. The molecule has 9 rings (SSSR count). The van der Waals surface area contributed by atoms with Crippen molar-refractivity contribution in [1.82, 2.24) is 34.2 Å². The van der Waals surface area contributed by atoms with Gasteiger partial charge in [-0.05, 0) is 100 Å². The summed E-state index contributed by atoms with van der Waals surface area (Å²) >= 11 is 14.0. The van der Waals surface area contributed by atoms with Gasteiger partial charge in [0, 0.05) is 68.4 Å². The second-order valence-electron chi connectivity index (χ2n) is 18.3. The molecule has 4 aliphatic rings. The molecule has 16 heteroatoms. The summed E-state index contributed by atoms with van der Waals surface area (Å²) in [6.07, 6.45) is 12.3. The molecule has 2 fully saturated rings. The van der Waals surface area contributed by atoms with E-state index in [0.29, 0.717) is 64.5 Å². The predicted molar refractivity (Wildman–Crippen MR) is 242 cm³/mol. The summed E-state index contributed by atoms with van der Waals surface area (Å²) in [5.74, 6) is -0.314. The van der Waals surface area contributed by atoms with Gasteiger partial charge < -0.3 is 30.0 Å². The Labute approximate surface area is 376 Å². The number of aliphatic carboxylic acids is 1. The molecular weight excluding hydrogens is 841 g/mol. The monoisotopic (exact) mass is 893 g/mol. The van der Waals surface area contributed by atoms with Gasteiger partial charge in [-0.3, -0.25) is 24.4 Å². The molecule has 330 valence electrons. The number of H-pyrrole nitrogens is 1. The Kier molecular flexibility index (Phi) is 11.5. The highest BCUT2D eigenvalue weighted by atomic mass is 35.5. The van der Waals surface area contributed by atoms with E-state index in [9.17, 15) is 24.6 Å². The van der Waals surface area contributed by atoms with Gasteiger partial charge in [0.15, 0.2) is 11.6 Å². The smallest absolute Gasteiger partial charge is 0.309 e. The standard InChI is InChI=1S/C47H53Cl2N9O5/c1-27(59)35-23-29(54-55-35)24-58-22-16-38-36(25-58)51-42(57(38)3)44(61)53-34-12-6-9-31(40(34)49)30-8-5-11-33(39(30)48)52-43(60)41-50-32-10-4-7-28(13-14-37(32)56(41)2)15-17-46-18-20-47(26-46,21-19-46)45(62)63/h5-6,8-9,11-12,23,28,59H,1,4,7,10,13-22,24-26H2,2-3H3,(H,52,60)(H,53,61)(H,54,55)(H,62,63). The molecule has 1 unspecified atom stereocenters. The Hall–Kier alpha value is -5.44. The SMILES string of the molecule is C=C(O)c1cc(CN2CCc3c(nc(C(=O)Nc4cccc(-c5cccc(NC(=O)c6nc7c(n6C)CCC(CCC68CCC(C(=O)O)(CC6)C8)CCC7)c5Cl)c4Cl)n3C)C2)[nH]n1. The molecule has 2 saturated carbocycles. The number of rotatable bonds is 12. The zero-order valence-electron chi connectivity index (χ0n) is 35.7. The molecule has 14 nitrogen and oxygen atoms in total. The number of carbonyl (C=O) groups excluding carboxylic acids is 2. The van der Waals surface area contributed by atoms with Crippen molar-refractivity contribution < 1.29 is 24.6 Å². The van der Waals surface area contributed by atoms with E-state index in [1.807, 2.05) is 35.4 Å². The number of amides is 2. The van der Waals surface area contributed by atoms with Crippen LogP contribution in [0.3, 0.4) is 0 Å². The number of halogens is 2. The molecule has 63 heavy (non-hydrogen) atoms. The number of anilines is 2. The molecule has 2 amide bonds. The van der Waals surface area contributed by atoms with Gasteiger partial charge in [0.05, 0.1) is 38.2 Å². The normalized spacial score (nSPS) is 21.9. The van der Waals surface area contributed by atoms with Gasteiger partial charge in [0.25, 0.3) is 11.8 Å². The largest absolute Gasteiger partial charge is 0.506 e. The van der Waals surface area contributed by atoms with Crippen LogP contribution in [0.2, 0.25) is 10.0 Å². The second-order valence-corrected chi connectivity index (χ2v) is 19.1. The minimum absolute atomic E-state index is 0.0951. The van der Waals surface area contributed by atoms with Crippen molar-refractivity contribution in [2.75, 3.05) is 17.2 Å². The lowest BCUT2D eigenvalue weighted by Gasteiger charge is -2.29. The highest BCUT2D eigenvalue weighted by molar-refractivity contribution is 6.40. The van der Waals surface area contributed by atoms with E-state index in [1.54, 1.807) is 30.3 Å². The maximum atomic E-state index is 13.9. The van der Waals surface area contributed by atoms with Crippen molar-refractivity contribution in [2.24, 2.45) is 30.8 Å². The van der Waals surface area contributed by atoms with E-state index in [1.165, 1.54) is 0 Å². The Balaban J connectivity index is 0.847. The van der Waals surface area contributed by atoms with E-state index in [2.05, 4.69) is 32.3 Å². The number of carboxylic acid groups (broad SMARTS) is 1. The summed E-state index contributed by atoms with van der Waals surface area (Å²) in [6.45, 7) is 5.39. The molecule has 2 bridgehead atoms. The summed E-state index contributed by atoms with van der Waals surface area (Å²) in [4.78, 5) is 51.4. The predicted octanol–water partition coefficient (Wildman–Crippen LogP) is 9.14. The Morgan fingerprint density at radius 3 is 2.06 bits per heavy atom. The van der Waals surface area contributed by atoms with Gasteiger partial charge in [-0.2, -0.15) is 5.10 Å². The number of carbonyl (C=O) groups is 3. The lowest BCUT2D eigenvalue weighted by molar-refractivity contribution is -0.148. The highest BCUT2D eigenvalue weighted by Gasteiger charge is 2.57. The second kappa shape index (κ2) is 16.9. The van der Waals surface area contributed by atoms with Crippen LogP contribution in [-0.4, -0.2) is 68.7 Å². The van der Waals surface area contributed by atoms with E-state index >= 15 is 0 Å². The average molecular weight is 895 g/mol. The number of imidazole rings is 2. The number of aryl methyl sites for hydroxylation is 1. The number of carboxylic acids is 1. The van der Waals surface area contributed by atoms with E-state index < -0.39 is 17.3 Å². The molecule has 5 N–H and O–H groups in total. The number of nitrogens with one attached hydrogen (secondary N) is 3. The van der Waals surface area contributed by atoms with Crippen molar-refractivity contribution in [2.45, 2.75) is 96.6 Å². The van der Waals surface area contributed by atoms with Crippen molar-refractivity contribution in [3.63, 3.8) is 0 Å². The van der Waals surface area contributed by atoms with Crippen LogP contribution in [0.25, 0.3) is 16.9 Å². The Morgan fingerprint density at radius 1 is 0.857 bits per heavy atom. The lowest BCUT2D eigenvalue weighted by atomic mass is 9.76. The minimum Gasteiger partial charge on any atom is -0.506 e. The molecule has 3 aromatic heterocycles. The third-order valence-electron chi connectivity index (χ3n) is 14.5. The molecule has 2 aromatic carbocycles. The number of aromatic amines is 1. The maximum absolute atomic E-state index is 13.9. The number of fused-ring (bicyclic) bond motifs is 4. The fraction of sp³-hybridized carbons (Fsp3) is 0.447. The van der Waals surface area contributed by atoms with Crippen molar-refractivity contribution >= 4 is 58.1 Å². The first-order valence-corrected chi connectivity index (χ1v) is 22.7. The molecular formula is C47H53Cl2N9O5. The van der Waals surface area contributed by atoms with Crippen LogP contribution >= 0.6 is 23.2 Å². The van der Waals surface area contributed by atoms with Crippen LogP contribution in [-0.2, 0) is 51.2 Å². The number of hydrogen-bond donors (Lipinski definition) is 5. The van der Waals surface area contributed by atoms with Crippen molar-refractivity contribution in [3.8, 4) is 11.1 Å². The lowest BCUT2D eigenvalue weighted by Crippen LogP contribution is -2.30. The summed E-state index contributed by atoms with van der Waals surface area (Å²) in [7, 11) is 3.74. The summed E-state index contributed by atoms with van der Waals surface area (Å²) < 4.78 is 3.74. The highest BCUT2D eigenvalue weighted by Crippen LogP contribution is 2.63. The molecule has 0 radical (unpaired) electrons. The van der Waals surface area contributed by atoms with Crippen LogP contribution in [0.15, 0.2) is 49.0 Å². The first-order valence-electron chi connectivity index (χ1n) is 21.9. The van der Waals surface area contributed by atoms with E-state index in [4.69, 9.17) is 33.2 Å². The first-order chi connectivity index (χ1) is 30.2. The van der Waals surface area contributed by atoms with Gasteiger partial charge >= 0.3 is 5.97 Å². The van der Waals surface area contributed by atoms with Crippen LogP contribution < -0.4 is 10.6 Å². The van der Waals surface area contributed by atoms with Crippen LogP contribution in [0, 0.1) is 16.7 Å². The van der Waals surface area contributed by atoms with Crippen LogP contribution in [0.5, 0.6) is 0 Å². The number of aliphatic hydroxyl groups excluding tert-OH is 1. The topological polar surface area (TPSA) is 183 Å². The Bertz CT molecular complexity index is 2640. The zero-order valence-corrected chi connectivity index (χ0v) is 37.2. The third kappa shape index (κ3) is 8.17. The van der Waals surface area contributed by atoms with Crippen LogP contribution in [0.4, 0.5) is 11.4 Å². The fourth-order valence-electron chi connectivity index (χ4n) is 10.9. The number of aromatic nitrogens is 6. The number of hydrogen-bond acceptors (Lipinski definition) is 8. The average Bonchev–Trinajstić information content (AvgIpc) is 4.09. The first kappa shape index (κ1) is 42.8. The third-order valence-corrected chi connectivity index (χ3v) is 15.3. The van der Waals surface area contributed by atoms with E-state index in [-0.39, 0.29) is 27.9 Å². The van der Waals surface area contributed by atoms with Gasteiger partial charge in [-0.25, -0.2) is 9.97 Å². The summed E-state index contributed by atoms with van der Waals surface area (Å²) in [6, 6.07) is 12.4. The maximum Gasteiger partial charge on any atom is 0.309 e. The number of aliphatic hydroxyl groups is 1. The van der Waals surface area contributed by atoms with E-state index in [0.717, 1.165) is 112 Å². The van der Waals surface area contributed by atoms with Crippen molar-refractivity contribution in [1.29, 1.82) is 0 Å². The summed E-state index contributed by atoms with van der Waals surface area (Å²) in [5.41, 5.74) is 6.76. The number of benzene rings is 2. The zero-order chi connectivity index (χ0) is 44.2. The van der Waals surface area contributed by atoms with Crippen molar-refractivity contribution in [3.05, 3.63) is 105 Å². The quantitative estimate of drug-likeness (QED) is 0.0763. The minimum atomic E-state index is -0.603. The van der Waals surface area contributed by atoms with Gasteiger partial charge in [0.1, 0.15) is 11.5 Å². The fourth-order valence-corrected chi connectivity index (χ4v) is 11.4. The molecule has 4 heterocycles. The summed E-state index contributed by atoms with van der Waals surface area (Å²) in [5, 5.41) is 33.1. The molecule has 5 aromatic rings. The molecule has 0 spiro atoms. The van der Waals surface area contributed by atoms with Gasteiger partial charge in [-0.15, -0.1) is 0 Å². The molecule has 0 saturated heterocycles. The number of nitrogens with zero attached hydrogens (tertiary/aromatic N) is 6. The molecule has 1 atom stereocenters. The van der Waals surface area contributed by atoms with Gasteiger partial charge in [0.2, 0.25) is 0 Å². The Morgan fingerprint density at radius 2 is 1.48 bits per heavy atom.